The molecule has 1 aromatic rings. The molecule has 0 spiro atoms. The van der Waals surface area contributed by atoms with Crippen LogP contribution in [0, 0.1) is 0 Å². The normalized spacial score (nSPS) is 13.6. The van der Waals surface area contributed by atoms with Gasteiger partial charge in [-0.05, 0) is 6.92 Å². The summed E-state index contributed by atoms with van der Waals surface area (Å²) in [5.74, 6) is 0.554. The molecule has 0 amide bonds. The summed E-state index contributed by atoms with van der Waals surface area (Å²) in [5.41, 5.74) is 5.15. The van der Waals surface area contributed by atoms with Gasteiger partial charge in [-0.25, -0.2) is 0 Å². The lowest BCUT2D eigenvalue weighted by molar-refractivity contribution is 0.189. The molecule has 0 bridgehead atoms. The Hall–Kier alpha value is -1.10. The number of aromatic amines is 1. The van der Waals surface area contributed by atoms with Gasteiger partial charge in [-0.3, -0.25) is 5.10 Å². The van der Waals surface area contributed by atoms with Gasteiger partial charge >= 0.3 is 0 Å². The van der Waals surface area contributed by atoms with Crippen LogP contribution in [0.1, 0.15) is 18.9 Å². The molecular formula is C4H8N4O. The highest BCUT2D eigenvalue weighted by Gasteiger charge is 2.03. The average Bonchev–Trinajstić information content (AvgIpc) is 2.14. The van der Waals surface area contributed by atoms with Crippen molar-refractivity contribution in [2.75, 3.05) is 5.73 Å². The second-order valence-corrected chi connectivity index (χ2v) is 1.75. The highest BCUT2D eigenvalue weighted by molar-refractivity contribution is 5.13. The van der Waals surface area contributed by atoms with Crippen molar-refractivity contribution in [1.29, 1.82) is 0 Å². The summed E-state index contributed by atoms with van der Waals surface area (Å²) in [4.78, 5) is 3.67. The number of aromatic nitrogens is 3. The molecule has 5 nitrogen and oxygen atoms in total. The van der Waals surface area contributed by atoms with Gasteiger partial charge < -0.3 is 10.8 Å². The Morgan fingerprint density at radius 1 is 1.78 bits per heavy atom. The van der Waals surface area contributed by atoms with Crippen LogP contribution in [0.15, 0.2) is 0 Å². The molecule has 0 saturated carbocycles. The topological polar surface area (TPSA) is 87.8 Å². The Kier molecular flexibility index (Phi) is 1.35. The molecule has 50 valence electrons. The van der Waals surface area contributed by atoms with Gasteiger partial charge in [0.05, 0.1) is 0 Å². The maximum absolute atomic E-state index is 8.85. The second kappa shape index (κ2) is 2.02. The number of nitrogens with zero attached hydrogens (tertiary/aromatic N) is 2. The van der Waals surface area contributed by atoms with Gasteiger partial charge in [0, 0.05) is 0 Å². The van der Waals surface area contributed by atoms with E-state index in [1.807, 2.05) is 0 Å². The van der Waals surface area contributed by atoms with Crippen LogP contribution in [0.2, 0.25) is 0 Å². The highest BCUT2D eigenvalue weighted by Crippen LogP contribution is 2.04. The van der Waals surface area contributed by atoms with E-state index in [1.165, 1.54) is 0 Å². The third-order valence-corrected chi connectivity index (χ3v) is 0.916. The quantitative estimate of drug-likeness (QED) is 0.473. The number of aliphatic hydroxyl groups excluding tert-OH is 1. The second-order valence-electron chi connectivity index (χ2n) is 1.75. The lowest BCUT2D eigenvalue weighted by Crippen LogP contribution is -1.93. The third kappa shape index (κ3) is 1.17. The molecule has 9 heavy (non-hydrogen) atoms. The van der Waals surface area contributed by atoms with Crippen LogP contribution in [-0.4, -0.2) is 20.3 Å². The molecule has 0 radical (unpaired) electrons. The summed E-state index contributed by atoms with van der Waals surface area (Å²) < 4.78 is 0. The molecule has 0 aliphatic rings. The van der Waals surface area contributed by atoms with E-state index in [9.17, 15) is 0 Å². The molecular weight excluding hydrogens is 120 g/mol. The van der Waals surface area contributed by atoms with Crippen LogP contribution in [-0.2, 0) is 0 Å². The third-order valence-electron chi connectivity index (χ3n) is 0.916. The van der Waals surface area contributed by atoms with Crippen molar-refractivity contribution in [3.05, 3.63) is 5.82 Å². The molecule has 0 aromatic carbocycles. The van der Waals surface area contributed by atoms with Crippen molar-refractivity contribution in [2.24, 2.45) is 0 Å². The molecule has 4 N–H and O–H groups in total. The maximum Gasteiger partial charge on any atom is 0.239 e. The van der Waals surface area contributed by atoms with Gasteiger partial charge in [0.15, 0.2) is 5.82 Å². The summed E-state index contributed by atoms with van der Waals surface area (Å²) in [5, 5.41) is 14.8. The first kappa shape index (κ1) is 6.03. The van der Waals surface area contributed by atoms with Gasteiger partial charge in [0.1, 0.15) is 6.10 Å². The predicted molar refractivity (Wildman–Crippen MR) is 31.4 cm³/mol. The molecule has 1 rings (SSSR count). The standard InChI is InChI=1S/C4H8N4O/c1-2(9)3-6-4(5)8-7-3/h2,9H,1H3,(H3,5,6,7,8)/t2-/m0/s1. The molecule has 5 heteroatoms. The van der Waals surface area contributed by atoms with Gasteiger partial charge in [-0.15, -0.1) is 5.10 Å². The summed E-state index contributed by atoms with van der Waals surface area (Å²) in [6.07, 6.45) is -0.630. The van der Waals surface area contributed by atoms with Gasteiger partial charge in [0.25, 0.3) is 0 Å². The molecule has 0 saturated heterocycles. The fourth-order valence-electron chi connectivity index (χ4n) is 0.475. The summed E-state index contributed by atoms with van der Waals surface area (Å²) in [7, 11) is 0. The van der Waals surface area contributed by atoms with E-state index in [2.05, 4.69) is 15.2 Å². The van der Waals surface area contributed by atoms with E-state index in [4.69, 9.17) is 10.8 Å². The van der Waals surface area contributed by atoms with E-state index < -0.39 is 6.10 Å². The largest absolute Gasteiger partial charge is 0.385 e. The molecule has 1 atom stereocenters. The van der Waals surface area contributed by atoms with Crippen LogP contribution in [0.3, 0.4) is 0 Å². The van der Waals surface area contributed by atoms with E-state index in [0.717, 1.165) is 0 Å². The van der Waals surface area contributed by atoms with Gasteiger partial charge in [-0.2, -0.15) is 4.98 Å². The monoisotopic (exact) mass is 128 g/mol. The maximum atomic E-state index is 8.85. The number of nitrogen functional groups attached to an aromatic ring is 1. The molecule has 0 unspecified atom stereocenters. The number of aliphatic hydroxyl groups is 1. The minimum absolute atomic E-state index is 0.158. The van der Waals surface area contributed by atoms with Gasteiger partial charge in [0.2, 0.25) is 5.95 Å². The minimum Gasteiger partial charge on any atom is -0.385 e. The van der Waals surface area contributed by atoms with Crippen molar-refractivity contribution >= 4 is 5.95 Å². The van der Waals surface area contributed by atoms with Crippen LogP contribution in [0.5, 0.6) is 0 Å². The van der Waals surface area contributed by atoms with Gasteiger partial charge in [-0.1, -0.05) is 0 Å². The lowest BCUT2D eigenvalue weighted by Gasteiger charge is -1.93. The summed E-state index contributed by atoms with van der Waals surface area (Å²) in [6, 6.07) is 0. The summed E-state index contributed by atoms with van der Waals surface area (Å²) in [6.45, 7) is 1.58. The molecule has 0 fully saturated rings. The minimum atomic E-state index is -0.630. The number of H-pyrrole nitrogens is 1. The molecule has 1 aromatic heterocycles. The number of hydrogen-bond acceptors (Lipinski definition) is 4. The van der Waals surface area contributed by atoms with Crippen molar-refractivity contribution in [3.63, 3.8) is 0 Å². The summed E-state index contributed by atoms with van der Waals surface area (Å²) >= 11 is 0. The Morgan fingerprint density at radius 3 is 2.67 bits per heavy atom. The van der Waals surface area contributed by atoms with E-state index in [1.54, 1.807) is 6.92 Å². The highest BCUT2D eigenvalue weighted by atomic mass is 16.3. The van der Waals surface area contributed by atoms with Crippen LogP contribution in [0.25, 0.3) is 0 Å². The first-order valence-electron chi connectivity index (χ1n) is 2.56. The number of nitrogens with one attached hydrogen (secondary N) is 1. The molecule has 1 heterocycles. The zero-order valence-corrected chi connectivity index (χ0v) is 5.00. The fraction of sp³-hybridized carbons (Fsp3) is 0.500. The van der Waals surface area contributed by atoms with Crippen molar-refractivity contribution < 1.29 is 5.11 Å². The Labute approximate surface area is 51.9 Å². The Balaban J connectivity index is 2.85. The van der Waals surface area contributed by atoms with E-state index in [-0.39, 0.29) is 5.95 Å². The predicted octanol–water partition coefficient (Wildman–Crippen LogP) is -0.560. The number of hydrogen-bond donors (Lipinski definition) is 3. The zero-order chi connectivity index (χ0) is 6.85. The number of rotatable bonds is 1. The van der Waals surface area contributed by atoms with Crippen LogP contribution < -0.4 is 5.73 Å². The van der Waals surface area contributed by atoms with E-state index in [0.29, 0.717) is 5.82 Å². The number of nitrogens with two attached hydrogens (primary N) is 1. The molecule has 0 aliphatic heterocycles. The molecule has 0 aliphatic carbocycles. The Morgan fingerprint density at radius 2 is 2.44 bits per heavy atom. The Bertz CT molecular complexity index is 194. The number of anilines is 1. The smallest absolute Gasteiger partial charge is 0.239 e. The van der Waals surface area contributed by atoms with E-state index >= 15 is 0 Å². The van der Waals surface area contributed by atoms with Crippen molar-refractivity contribution in [1.82, 2.24) is 15.2 Å². The average molecular weight is 128 g/mol. The fourth-order valence-corrected chi connectivity index (χ4v) is 0.475. The van der Waals surface area contributed by atoms with Crippen molar-refractivity contribution in [3.8, 4) is 0 Å². The van der Waals surface area contributed by atoms with Crippen LogP contribution in [0.4, 0.5) is 5.95 Å². The van der Waals surface area contributed by atoms with Crippen molar-refractivity contribution in [2.45, 2.75) is 13.0 Å². The lowest BCUT2D eigenvalue weighted by atomic mass is 10.4. The first-order chi connectivity index (χ1) is 4.20. The SMILES string of the molecule is C[C@H](O)c1nc(N)n[nH]1. The van der Waals surface area contributed by atoms with Crippen LogP contribution >= 0.6 is 0 Å². The zero-order valence-electron chi connectivity index (χ0n) is 5.00. The first-order valence-corrected chi connectivity index (χ1v) is 2.56.